The Morgan fingerprint density at radius 3 is 2.57 bits per heavy atom. The van der Waals surface area contributed by atoms with Gasteiger partial charge in [0.15, 0.2) is 0 Å². The molecule has 1 aromatic heterocycles. The van der Waals surface area contributed by atoms with Gasteiger partial charge in [-0.25, -0.2) is 4.98 Å². The fourth-order valence-corrected chi connectivity index (χ4v) is 2.75. The van der Waals surface area contributed by atoms with Crippen LogP contribution in [0.5, 0.6) is 5.75 Å². The highest BCUT2D eigenvalue weighted by atomic mass is 16.5. The van der Waals surface area contributed by atoms with Crippen molar-refractivity contribution in [2.75, 3.05) is 13.2 Å². The maximum Gasteiger partial charge on any atom is 0.119 e. The third kappa shape index (κ3) is 3.37. The number of para-hydroxylation sites is 1. The van der Waals surface area contributed by atoms with E-state index in [1.54, 1.807) is 0 Å². The van der Waals surface area contributed by atoms with E-state index >= 15 is 0 Å². The van der Waals surface area contributed by atoms with Gasteiger partial charge in [0.1, 0.15) is 11.6 Å². The molecule has 4 nitrogen and oxygen atoms in total. The zero-order valence-electron chi connectivity index (χ0n) is 13.6. The van der Waals surface area contributed by atoms with E-state index in [1.807, 2.05) is 30.3 Å². The summed E-state index contributed by atoms with van der Waals surface area (Å²) >= 11 is 0. The summed E-state index contributed by atoms with van der Waals surface area (Å²) in [7, 11) is 0. The highest BCUT2D eigenvalue weighted by molar-refractivity contribution is 5.78. The lowest BCUT2D eigenvalue weighted by molar-refractivity contribution is 0.272. The van der Waals surface area contributed by atoms with E-state index in [-0.39, 0.29) is 6.61 Å². The number of fused-ring (bicyclic) bond motifs is 1. The normalized spacial score (nSPS) is 11.1. The highest BCUT2D eigenvalue weighted by Crippen LogP contribution is 2.21. The molecule has 0 bridgehead atoms. The molecule has 3 rings (SSSR count). The highest BCUT2D eigenvalue weighted by Gasteiger charge is 2.12. The van der Waals surface area contributed by atoms with E-state index in [4.69, 9.17) is 9.72 Å². The predicted molar refractivity (Wildman–Crippen MR) is 91.9 cm³/mol. The van der Waals surface area contributed by atoms with Crippen LogP contribution in [0.2, 0.25) is 0 Å². The molecule has 0 saturated carbocycles. The Morgan fingerprint density at radius 1 is 1.09 bits per heavy atom. The molecule has 0 spiro atoms. The minimum atomic E-state index is 0.102. The lowest BCUT2D eigenvalue weighted by atomic mass is 10.1. The quantitative estimate of drug-likeness (QED) is 0.760. The summed E-state index contributed by atoms with van der Waals surface area (Å²) in [6.07, 6.45) is 0.710. The lowest BCUT2D eigenvalue weighted by Gasteiger charge is -2.09. The Kier molecular flexibility index (Phi) is 4.63. The van der Waals surface area contributed by atoms with Gasteiger partial charge in [-0.1, -0.05) is 18.2 Å². The number of nitrogens with zero attached hydrogens (tertiary/aromatic N) is 2. The van der Waals surface area contributed by atoms with Crippen molar-refractivity contribution in [3.05, 3.63) is 59.4 Å². The minimum Gasteiger partial charge on any atom is -0.493 e. The first-order chi connectivity index (χ1) is 11.2. The molecule has 2 aromatic carbocycles. The first kappa shape index (κ1) is 15.6. The zero-order chi connectivity index (χ0) is 16.2. The van der Waals surface area contributed by atoms with Gasteiger partial charge in [0.2, 0.25) is 0 Å². The van der Waals surface area contributed by atoms with Crippen molar-refractivity contribution in [1.29, 1.82) is 0 Å². The van der Waals surface area contributed by atoms with Gasteiger partial charge in [-0.2, -0.15) is 0 Å². The van der Waals surface area contributed by atoms with Crippen LogP contribution < -0.4 is 4.74 Å². The van der Waals surface area contributed by atoms with Crippen LogP contribution in [0.15, 0.2) is 42.5 Å². The number of aliphatic hydroxyl groups is 1. The smallest absolute Gasteiger partial charge is 0.119 e. The summed E-state index contributed by atoms with van der Waals surface area (Å²) in [6, 6.07) is 14.0. The van der Waals surface area contributed by atoms with Crippen LogP contribution >= 0.6 is 0 Å². The molecule has 0 aliphatic rings. The van der Waals surface area contributed by atoms with Crippen LogP contribution in [0.4, 0.5) is 0 Å². The second-order valence-electron chi connectivity index (χ2n) is 5.74. The van der Waals surface area contributed by atoms with Crippen molar-refractivity contribution in [3.63, 3.8) is 0 Å². The number of aliphatic hydroxyl groups excluding tert-OH is 1. The summed E-state index contributed by atoms with van der Waals surface area (Å²) < 4.78 is 7.86. The van der Waals surface area contributed by atoms with Crippen LogP contribution in [0.1, 0.15) is 17.0 Å². The molecule has 23 heavy (non-hydrogen) atoms. The van der Waals surface area contributed by atoms with E-state index in [1.165, 1.54) is 11.1 Å². The summed E-state index contributed by atoms with van der Waals surface area (Å²) in [4.78, 5) is 4.74. The van der Waals surface area contributed by atoms with Crippen molar-refractivity contribution in [1.82, 2.24) is 9.55 Å². The predicted octanol–water partition coefficient (Wildman–Crippen LogP) is 3.27. The Morgan fingerprint density at radius 2 is 1.83 bits per heavy atom. The molecule has 4 heteroatoms. The molecule has 0 aliphatic carbocycles. The maximum atomic E-state index is 9.37. The molecule has 3 aromatic rings. The second-order valence-corrected chi connectivity index (χ2v) is 5.74. The van der Waals surface area contributed by atoms with Gasteiger partial charge in [0.25, 0.3) is 0 Å². The number of ether oxygens (including phenoxy) is 1. The number of aryl methyl sites for hydroxylation is 2. The van der Waals surface area contributed by atoms with Crippen molar-refractivity contribution in [2.45, 2.75) is 26.8 Å². The monoisotopic (exact) mass is 310 g/mol. The average Bonchev–Trinajstić information content (AvgIpc) is 2.87. The molecular formula is C19H22N2O2. The van der Waals surface area contributed by atoms with Crippen LogP contribution in [-0.4, -0.2) is 27.9 Å². The summed E-state index contributed by atoms with van der Waals surface area (Å²) in [5.74, 6) is 1.82. The molecule has 0 unspecified atom stereocenters. The molecule has 0 atom stereocenters. The lowest BCUT2D eigenvalue weighted by Crippen LogP contribution is -2.11. The van der Waals surface area contributed by atoms with Gasteiger partial charge in [-0.3, -0.25) is 0 Å². The van der Waals surface area contributed by atoms with Crippen molar-refractivity contribution >= 4 is 11.0 Å². The number of imidazole rings is 1. The van der Waals surface area contributed by atoms with Crippen LogP contribution in [-0.2, 0) is 13.0 Å². The van der Waals surface area contributed by atoms with Crippen molar-refractivity contribution in [2.24, 2.45) is 0 Å². The Hall–Kier alpha value is -2.33. The van der Waals surface area contributed by atoms with Crippen LogP contribution in [0.3, 0.4) is 0 Å². The minimum absolute atomic E-state index is 0.102. The molecule has 120 valence electrons. The standard InChI is InChI=1S/C19H22N2O2/c1-14-12-17-18(13-15(14)2)21(9-10-22)19(20-17)8-11-23-16-6-4-3-5-7-16/h3-7,12-13,22H,8-11H2,1-2H3. The Bertz CT molecular complexity index is 794. The topological polar surface area (TPSA) is 47.3 Å². The molecule has 0 fully saturated rings. The van der Waals surface area contributed by atoms with Gasteiger partial charge in [0.05, 0.1) is 24.2 Å². The third-order valence-electron chi connectivity index (χ3n) is 4.10. The van der Waals surface area contributed by atoms with Gasteiger partial charge in [-0.15, -0.1) is 0 Å². The van der Waals surface area contributed by atoms with Crippen molar-refractivity contribution < 1.29 is 9.84 Å². The summed E-state index contributed by atoms with van der Waals surface area (Å²) in [5, 5.41) is 9.37. The molecule has 1 N–H and O–H groups in total. The van der Waals surface area contributed by atoms with E-state index in [0.717, 1.165) is 22.6 Å². The van der Waals surface area contributed by atoms with E-state index in [0.29, 0.717) is 19.6 Å². The second kappa shape index (κ2) is 6.84. The molecule has 0 radical (unpaired) electrons. The SMILES string of the molecule is Cc1cc2nc(CCOc3ccccc3)n(CCO)c2cc1C. The number of benzene rings is 2. The average molecular weight is 310 g/mol. The Balaban J connectivity index is 1.83. The van der Waals surface area contributed by atoms with Crippen LogP contribution in [0, 0.1) is 13.8 Å². The molecule has 0 aliphatic heterocycles. The van der Waals surface area contributed by atoms with Gasteiger partial charge < -0.3 is 14.4 Å². The summed E-state index contributed by atoms with van der Waals surface area (Å²) in [5.41, 5.74) is 4.54. The third-order valence-corrected chi connectivity index (χ3v) is 4.10. The van der Waals surface area contributed by atoms with E-state index in [2.05, 4.69) is 30.5 Å². The largest absolute Gasteiger partial charge is 0.493 e. The van der Waals surface area contributed by atoms with E-state index < -0.39 is 0 Å². The van der Waals surface area contributed by atoms with Crippen LogP contribution in [0.25, 0.3) is 11.0 Å². The Labute approximate surface area is 136 Å². The fourth-order valence-electron chi connectivity index (χ4n) is 2.75. The number of rotatable bonds is 6. The first-order valence-corrected chi connectivity index (χ1v) is 7.94. The first-order valence-electron chi connectivity index (χ1n) is 7.94. The van der Waals surface area contributed by atoms with Gasteiger partial charge in [-0.05, 0) is 49.2 Å². The molecule has 1 heterocycles. The molecule has 0 amide bonds. The number of hydrogen-bond acceptors (Lipinski definition) is 3. The molecule has 0 saturated heterocycles. The van der Waals surface area contributed by atoms with Gasteiger partial charge >= 0.3 is 0 Å². The number of hydrogen-bond donors (Lipinski definition) is 1. The molecular weight excluding hydrogens is 288 g/mol. The fraction of sp³-hybridized carbons (Fsp3) is 0.316. The van der Waals surface area contributed by atoms with Crippen molar-refractivity contribution in [3.8, 4) is 5.75 Å². The summed E-state index contributed by atoms with van der Waals surface area (Å²) in [6.45, 7) is 5.42. The zero-order valence-corrected chi connectivity index (χ0v) is 13.6. The maximum absolute atomic E-state index is 9.37. The van der Waals surface area contributed by atoms with Gasteiger partial charge in [0, 0.05) is 13.0 Å². The number of aromatic nitrogens is 2. The van der Waals surface area contributed by atoms with E-state index in [9.17, 15) is 5.11 Å².